The summed E-state index contributed by atoms with van der Waals surface area (Å²) >= 11 is 0. The van der Waals surface area contributed by atoms with Crippen molar-refractivity contribution in [2.75, 3.05) is 13.2 Å². The van der Waals surface area contributed by atoms with Crippen LogP contribution in [0.1, 0.15) is 10.4 Å². The number of carbonyl (C=O) groups is 1. The molecular formula is C12H7F10NO3. The first kappa shape index (κ1) is 21.8. The van der Waals surface area contributed by atoms with Gasteiger partial charge in [-0.05, 0) is 6.07 Å². The molecule has 0 spiro atoms. The number of halogens is 10. The van der Waals surface area contributed by atoms with Crippen LogP contribution in [0.25, 0.3) is 0 Å². The van der Waals surface area contributed by atoms with E-state index in [-0.39, 0.29) is 0 Å². The highest BCUT2D eigenvalue weighted by Gasteiger charge is 2.59. The lowest BCUT2D eigenvalue weighted by Crippen LogP contribution is -2.41. The van der Waals surface area contributed by atoms with E-state index in [4.69, 9.17) is 0 Å². The van der Waals surface area contributed by atoms with E-state index in [0.717, 1.165) is 0 Å². The van der Waals surface area contributed by atoms with Gasteiger partial charge in [-0.3, -0.25) is 0 Å². The van der Waals surface area contributed by atoms with Gasteiger partial charge in [-0.2, -0.15) is 43.9 Å². The van der Waals surface area contributed by atoms with Gasteiger partial charge in [0.2, 0.25) is 5.88 Å². The smallest absolute Gasteiger partial charge is 0.456 e. The number of pyridine rings is 1. The lowest BCUT2D eigenvalue weighted by molar-refractivity contribution is -0.292. The number of ether oxygens (including phenoxy) is 2. The van der Waals surface area contributed by atoms with Gasteiger partial charge in [-0.1, -0.05) is 0 Å². The zero-order valence-electron chi connectivity index (χ0n) is 12.1. The van der Waals surface area contributed by atoms with Crippen LogP contribution in [0.5, 0.6) is 5.88 Å². The van der Waals surface area contributed by atoms with Gasteiger partial charge in [0.1, 0.15) is 0 Å². The number of esters is 1. The molecule has 1 heterocycles. The van der Waals surface area contributed by atoms with Crippen molar-refractivity contribution in [1.29, 1.82) is 0 Å². The Bertz CT molecular complexity index is 624. The molecule has 26 heavy (non-hydrogen) atoms. The third-order valence-electron chi connectivity index (χ3n) is 2.59. The molecule has 148 valence electrons. The molecule has 0 aliphatic rings. The van der Waals surface area contributed by atoms with Crippen molar-refractivity contribution in [2.24, 2.45) is 0 Å². The van der Waals surface area contributed by atoms with Gasteiger partial charge in [-0.25, -0.2) is 9.78 Å². The van der Waals surface area contributed by atoms with Crippen LogP contribution in [0.2, 0.25) is 0 Å². The van der Waals surface area contributed by atoms with Crippen molar-refractivity contribution in [1.82, 2.24) is 4.98 Å². The van der Waals surface area contributed by atoms with E-state index in [2.05, 4.69) is 14.5 Å². The quantitative estimate of drug-likeness (QED) is 0.532. The van der Waals surface area contributed by atoms with Crippen LogP contribution in [0.15, 0.2) is 18.3 Å². The van der Waals surface area contributed by atoms with Crippen LogP contribution in [-0.2, 0) is 4.74 Å². The molecule has 0 atom stereocenters. The number of hydrogen-bond acceptors (Lipinski definition) is 4. The van der Waals surface area contributed by atoms with Crippen molar-refractivity contribution in [2.45, 2.75) is 24.2 Å². The monoisotopic (exact) mass is 403 g/mol. The van der Waals surface area contributed by atoms with Crippen molar-refractivity contribution >= 4 is 5.97 Å². The van der Waals surface area contributed by atoms with Crippen molar-refractivity contribution in [3.8, 4) is 5.88 Å². The van der Waals surface area contributed by atoms with Crippen LogP contribution >= 0.6 is 0 Å². The summed E-state index contributed by atoms with van der Waals surface area (Å²) in [6, 6.07) is 1.27. The van der Waals surface area contributed by atoms with Gasteiger partial charge < -0.3 is 9.47 Å². The molecule has 0 N–H and O–H groups in total. The number of carbonyl (C=O) groups excluding carboxylic acids is 1. The Morgan fingerprint density at radius 3 is 1.77 bits per heavy atom. The summed E-state index contributed by atoms with van der Waals surface area (Å²) in [5.41, 5.74) is -0.669. The van der Waals surface area contributed by atoms with E-state index in [1.54, 1.807) is 0 Å². The minimum Gasteiger partial charge on any atom is -0.471 e. The summed E-state index contributed by atoms with van der Waals surface area (Å²) in [6.07, 6.45) is -11.4. The molecular weight excluding hydrogens is 396 g/mol. The second-order valence-corrected chi connectivity index (χ2v) is 4.65. The first-order chi connectivity index (χ1) is 11.6. The standard InChI is InChI=1S/C12H7F10NO3/c13-9(14,11(17,18)19)4-25-7-2-1-6(3-23-7)8(24)26-5-10(15,16)12(20,21)22/h1-3H,4-5H2. The SMILES string of the molecule is O=C(OCC(F)(F)C(F)(F)F)c1ccc(OCC(F)(F)C(F)(F)F)nc1. The highest BCUT2D eigenvalue weighted by Crippen LogP contribution is 2.36. The average Bonchev–Trinajstić information content (AvgIpc) is 2.49. The third-order valence-corrected chi connectivity index (χ3v) is 2.59. The molecule has 1 aromatic heterocycles. The highest BCUT2D eigenvalue weighted by atomic mass is 19.4. The Kier molecular flexibility index (Phi) is 5.98. The van der Waals surface area contributed by atoms with Crippen molar-refractivity contribution < 1.29 is 58.2 Å². The maximum Gasteiger partial charge on any atom is 0.456 e. The summed E-state index contributed by atoms with van der Waals surface area (Å²) in [7, 11) is 0. The van der Waals surface area contributed by atoms with E-state index in [0.29, 0.717) is 18.3 Å². The molecule has 14 heteroatoms. The number of nitrogens with zero attached hydrogens (tertiary/aromatic N) is 1. The second kappa shape index (κ2) is 7.15. The fourth-order valence-electron chi connectivity index (χ4n) is 1.15. The normalized spacial score (nSPS) is 13.5. The van der Waals surface area contributed by atoms with Crippen LogP contribution in [0.3, 0.4) is 0 Å². The summed E-state index contributed by atoms with van der Waals surface area (Å²) in [5, 5.41) is 0. The Labute approximate surface area is 137 Å². The number of hydrogen-bond donors (Lipinski definition) is 0. The van der Waals surface area contributed by atoms with E-state index >= 15 is 0 Å². The van der Waals surface area contributed by atoms with E-state index in [9.17, 15) is 48.7 Å². The molecule has 0 saturated heterocycles. The van der Waals surface area contributed by atoms with E-state index in [1.807, 2.05) is 0 Å². The van der Waals surface area contributed by atoms with Gasteiger partial charge >= 0.3 is 30.2 Å². The second-order valence-electron chi connectivity index (χ2n) is 4.65. The zero-order chi connectivity index (χ0) is 20.4. The largest absolute Gasteiger partial charge is 0.471 e. The molecule has 1 rings (SSSR count). The Hall–Kier alpha value is -2.28. The molecule has 0 fully saturated rings. The molecule has 0 bridgehead atoms. The first-order valence-electron chi connectivity index (χ1n) is 6.22. The maximum absolute atomic E-state index is 12.6. The molecule has 0 aromatic carbocycles. The van der Waals surface area contributed by atoms with Crippen LogP contribution in [-0.4, -0.2) is 48.4 Å². The van der Waals surface area contributed by atoms with Gasteiger partial charge in [0.05, 0.1) is 5.56 Å². The number of aromatic nitrogens is 1. The predicted octanol–water partition coefficient (Wildman–Crippen LogP) is 4.01. The molecule has 0 aliphatic carbocycles. The van der Waals surface area contributed by atoms with Crippen LogP contribution < -0.4 is 4.74 Å². The van der Waals surface area contributed by atoms with Gasteiger partial charge in [0.25, 0.3) is 0 Å². The minimum absolute atomic E-state index is 0.467. The predicted molar refractivity (Wildman–Crippen MR) is 62.0 cm³/mol. The molecule has 0 aliphatic heterocycles. The summed E-state index contributed by atoms with van der Waals surface area (Å²) in [4.78, 5) is 14.5. The Morgan fingerprint density at radius 1 is 0.846 bits per heavy atom. The number of rotatable bonds is 6. The lowest BCUT2D eigenvalue weighted by atomic mass is 10.3. The minimum atomic E-state index is -5.95. The molecule has 0 amide bonds. The summed E-state index contributed by atoms with van der Waals surface area (Å²) in [5.74, 6) is -12.9. The van der Waals surface area contributed by atoms with Crippen molar-refractivity contribution in [3.05, 3.63) is 23.9 Å². The number of alkyl halides is 10. The Balaban J connectivity index is 2.66. The summed E-state index contributed by atoms with van der Waals surface area (Å²) in [6.45, 7) is -4.43. The third kappa shape index (κ3) is 5.36. The first-order valence-corrected chi connectivity index (χ1v) is 6.22. The molecule has 0 radical (unpaired) electrons. The van der Waals surface area contributed by atoms with Crippen LogP contribution in [0, 0.1) is 0 Å². The van der Waals surface area contributed by atoms with Crippen molar-refractivity contribution in [3.63, 3.8) is 0 Å². The van der Waals surface area contributed by atoms with Gasteiger partial charge in [0.15, 0.2) is 13.2 Å². The Morgan fingerprint density at radius 2 is 1.35 bits per heavy atom. The molecule has 1 aromatic rings. The topological polar surface area (TPSA) is 48.4 Å². The van der Waals surface area contributed by atoms with Gasteiger partial charge in [0, 0.05) is 12.3 Å². The van der Waals surface area contributed by atoms with Crippen LogP contribution in [0.4, 0.5) is 43.9 Å². The molecule has 0 unspecified atom stereocenters. The van der Waals surface area contributed by atoms with E-state index in [1.165, 1.54) is 0 Å². The highest BCUT2D eigenvalue weighted by molar-refractivity contribution is 5.89. The van der Waals surface area contributed by atoms with Gasteiger partial charge in [-0.15, -0.1) is 0 Å². The zero-order valence-corrected chi connectivity index (χ0v) is 12.1. The fraction of sp³-hybridized carbons (Fsp3) is 0.500. The fourth-order valence-corrected chi connectivity index (χ4v) is 1.15. The molecule has 4 nitrogen and oxygen atoms in total. The lowest BCUT2D eigenvalue weighted by Gasteiger charge is -2.19. The maximum atomic E-state index is 12.6. The molecule has 0 saturated carbocycles. The summed E-state index contributed by atoms with van der Waals surface area (Å²) < 4.78 is 130. The average molecular weight is 403 g/mol. The van der Waals surface area contributed by atoms with E-state index < -0.39 is 54.8 Å².